The standard InChI is InChI=1S/C13H13N3S/c1-8-4-3-5-9-6-11(17-13(8)9)12-10(14)7-15-16(12)2/h3-7H,14H2,1-2H3. The van der Waals surface area contributed by atoms with Crippen molar-refractivity contribution in [1.29, 1.82) is 0 Å². The zero-order chi connectivity index (χ0) is 12.0. The van der Waals surface area contributed by atoms with Gasteiger partial charge in [0.2, 0.25) is 0 Å². The molecule has 2 N–H and O–H groups in total. The quantitative estimate of drug-likeness (QED) is 0.713. The van der Waals surface area contributed by atoms with Gasteiger partial charge in [0.1, 0.15) is 5.69 Å². The first-order valence-corrected chi connectivity index (χ1v) is 6.25. The number of aryl methyl sites for hydroxylation is 2. The minimum absolute atomic E-state index is 0.733. The lowest BCUT2D eigenvalue weighted by atomic mass is 10.2. The Morgan fingerprint density at radius 1 is 1.35 bits per heavy atom. The summed E-state index contributed by atoms with van der Waals surface area (Å²) in [5, 5.41) is 5.45. The number of rotatable bonds is 1. The van der Waals surface area contributed by atoms with Crippen molar-refractivity contribution in [2.24, 2.45) is 7.05 Å². The first-order chi connectivity index (χ1) is 8.16. The zero-order valence-electron chi connectivity index (χ0n) is 9.77. The van der Waals surface area contributed by atoms with Crippen LogP contribution in [0.3, 0.4) is 0 Å². The van der Waals surface area contributed by atoms with E-state index in [0.29, 0.717) is 0 Å². The van der Waals surface area contributed by atoms with Crippen LogP contribution in [0.4, 0.5) is 5.69 Å². The largest absolute Gasteiger partial charge is 0.396 e. The molecule has 3 rings (SSSR count). The zero-order valence-corrected chi connectivity index (χ0v) is 10.6. The van der Waals surface area contributed by atoms with E-state index in [-0.39, 0.29) is 0 Å². The Morgan fingerprint density at radius 3 is 2.82 bits per heavy atom. The van der Waals surface area contributed by atoms with Gasteiger partial charge in [-0.1, -0.05) is 18.2 Å². The number of anilines is 1. The van der Waals surface area contributed by atoms with Crippen LogP contribution in [0.25, 0.3) is 20.7 Å². The highest BCUT2D eigenvalue weighted by atomic mass is 32.1. The number of hydrogen-bond acceptors (Lipinski definition) is 3. The van der Waals surface area contributed by atoms with E-state index >= 15 is 0 Å². The lowest BCUT2D eigenvalue weighted by Crippen LogP contribution is -1.93. The molecule has 2 heterocycles. The van der Waals surface area contributed by atoms with Gasteiger partial charge in [-0.05, 0) is 23.9 Å². The van der Waals surface area contributed by atoms with E-state index in [9.17, 15) is 0 Å². The number of nitrogens with zero attached hydrogens (tertiary/aromatic N) is 2. The second-order valence-corrected chi connectivity index (χ2v) is 5.23. The SMILES string of the molecule is Cc1cccc2cc(-c3c(N)cnn3C)sc12. The molecule has 3 aromatic rings. The van der Waals surface area contributed by atoms with E-state index in [2.05, 4.69) is 36.3 Å². The first-order valence-electron chi connectivity index (χ1n) is 5.44. The fourth-order valence-electron chi connectivity index (χ4n) is 2.08. The maximum Gasteiger partial charge on any atom is 0.101 e. The summed E-state index contributed by atoms with van der Waals surface area (Å²) in [5.41, 5.74) is 9.00. The summed E-state index contributed by atoms with van der Waals surface area (Å²) in [6, 6.07) is 8.53. The van der Waals surface area contributed by atoms with E-state index in [0.717, 1.165) is 11.4 Å². The van der Waals surface area contributed by atoms with Gasteiger partial charge in [0.25, 0.3) is 0 Å². The Bertz CT molecular complexity index is 674. The Balaban J connectivity index is 2.29. The van der Waals surface area contributed by atoms with Crippen molar-refractivity contribution in [1.82, 2.24) is 9.78 Å². The third-order valence-electron chi connectivity index (χ3n) is 2.94. The summed E-state index contributed by atoms with van der Waals surface area (Å²) in [6.07, 6.45) is 1.70. The maximum atomic E-state index is 5.96. The number of thiophene rings is 1. The Morgan fingerprint density at radius 2 is 2.18 bits per heavy atom. The normalized spacial score (nSPS) is 11.2. The average Bonchev–Trinajstić information content (AvgIpc) is 2.84. The van der Waals surface area contributed by atoms with Crippen molar-refractivity contribution >= 4 is 27.1 Å². The lowest BCUT2D eigenvalue weighted by molar-refractivity contribution is 0.777. The molecule has 0 aliphatic heterocycles. The van der Waals surface area contributed by atoms with Gasteiger partial charge < -0.3 is 5.73 Å². The van der Waals surface area contributed by atoms with Crippen LogP contribution in [0, 0.1) is 6.92 Å². The fraction of sp³-hybridized carbons (Fsp3) is 0.154. The molecule has 0 atom stereocenters. The molecular weight excluding hydrogens is 230 g/mol. The second-order valence-electron chi connectivity index (χ2n) is 4.18. The Hall–Kier alpha value is -1.81. The molecule has 0 aliphatic rings. The maximum absolute atomic E-state index is 5.96. The molecule has 86 valence electrons. The summed E-state index contributed by atoms with van der Waals surface area (Å²) in [7, 11) is 1.92. The highest BCUT2D eigenvalue weighted by Crippen LogP contribution is 2.37. The van der Waals surface area contributed by atoms with Crippen molar-refractivity contribution in [3.63, 3.8) is 0 Å². The van der Waals surface area contributed by atoms with E-state index in [1.54, 1.807) is 17.5 Å². The monoisotopic (exact) mass is 243 g/mol. The number of benzene rings is 1. The first kappa shape index (κ1) is 10.4. The molecule has 17 heavy (non-hydrogen) atoms. The summed E-state index contributed by atoms with van der Waals surface area (Å²) < 4.78 is 3.15. The van der Waals surface area contributed by atoms with Gasteiger partial charge >= 0.3 is 0 Å². The summed E-state index contributed by atoms with van der Waals surface area (Å²) in [5.74, 6) is 0. The molecule has 2 aromatic heterocycles. The molecule has 0 fully saturated rings. The van der Waals surface area contributed by atoms with Crippen LogP contribution in [0.1, 0.15) is 5.56 Å². The predicted octanol–water partition coefficient (Wildman–Crippen LogP) is 3.19. The molecule has 3 nitrogen and oxygen atoms in total. The Kier molecular flexibility index (Phi) is 2.19. The van der Waals surface area contributed by atoms with E-state index in [4.69, 9.17) is 5.73 Å². The van der Waals surface area contributed by atoms with Crippen LogP contribution in [0.15, 0.2) is 30.5 Å². The molecule has 0 bridgehead atoms. The minimum Gasteiger partial charge on any atom is -0.396 e. The molecule has 0 amide bonds. The molecule has 1 aromatic carbocycles. The molecule has 0 saturated heterocycles. The van der Waals surface area contributed by atoms with E-state index < -0.39 is 0 Å². The van der Waals surface area contributed by atoms with Crippen LogP contribution in [0.2, 0.25) is 0 Å². The molecular formula is C13H13N3S. The number of nitrogen functional groups attached to an aromatic ring is 1. The van der Waals surface area contributed by atoms with Crippen LogP contribution in [-0.4, -0.2) is 9.78 Å². The van der Waals surface area contributed by atoms with Crippen molar-refractivity contribution in [3.8, 4) is 10.6 Å². The van der Waals surface area contributed by atoms with Gasteiger partial charge in [-0.25, -0.2) is 0 Å². The molecule has 0 aliphatic carbocycles. The van der Waals surface area contributed by atoms with Crippen molar-refractivity contribution in [3.05, 3.63) is 36.0 Å². The third kappa shape index (κ3) is 1.52. The average molecular weight is 243 g/mol. The van der Waals surface area contributed by atoms with E-state index in [1.165, 1.54) is 20.5 Å². The molecule has 0 saturated carbocycles. The van der Waals surface area contributed by atoms with Gasteiger partial charge in [0.05, 0.1) is 16.8 Å². The van der Waals surface area contributed by atoms with Crippen LogP contribution in [-0.2, 0) is 7.05 Å². The molecule has 0 spiro atoms. The smallest absolute Gasteiger partial charge is 0.101 e. The number of aromatic nitrogens is 2. The van der Waals surface area contributed by atoms with Crippen LogP contribution >= 0.6 is 11.3 Å². The van der Waals surface area contributed by atoms with Gasteiger partial charge in [-0.2, -0.15) is 5.10 Å². The number of hydrogen-bond donors (Lipinski definition) is 1. The van der Waals surface area contributed by atoms with Crippen LogP contribution in [0.5, 0.6) is 0 Å². The highest BCUT2D eigenvalue weighted by Gasteiger charge is 2.12. The van der Waals surface area contributed by atoms with Gasteiger partial charge in [-0.3, -0.25) is 4.68 Å². The van der Waals surface area contributed by atoms with Crippen LogP contribution < -0.4 is 5.73 Å². The molecule has 4 heteroatoms. The third-order valence-corrected chi connectivity index (χ3v) is 4.23. The van der Waals surface area contributed by atoms with Crippen molar-refractivity contribution in [2.75, 3.05) is 5.73 Å². The molecule has 0 unspecified atom stereocenters. The minimum atomic E-state index is 0.733. The predicted molar refractivity (Wildman–Crippen MR) is 73.2 cm³/mol. The number of nitrogens with two attached hydrogens (primary N) is 1. The highest BCUT2D eigenvalue weighted by molar-refractivity contribution is 7.22. The second kappa shape index (κ2) is 3.60. The summed E-state index contributed by atoms with van der Waals surface area (Å²) >= 11 is 1.77. The number of fused-ring (bicyclic) bond motifs is 1. The van der Waals surface area contributed by atoms with Gasteiger partial charge in [0, 0.05) is 11.7 Å². The topological polar surface area (TPSA) is 43.8 Å². The fourth-order valence-corrected chi connectivity index (χ4v) is 3.31. The summed E-state index contributed by atoms with van der Waals surface area (Å²) in [6.45, 7) is 2.13. The van der Waals surface area contributed by atoms with Gasteiger partial charge in [0.15, 0.2) is 0 Å². The Labute approximate surface area is 103 Å². The van der Waals surface area contributed by atoms with Crippen molar-refractivity contribution < 1.29 is 0 Å². The van der Waals surface area contributed by atoms with Crippen molar-refractivity contribution in [2.45, 2.75) is 6.92 Å². The van der Waals surface area contributed by atoms with E-state index in [1.807, 2.05) is 11.7 Å². The molecule has 0 radical (unpaired) electrons. The lowest BCUT2D eigenvalue weighted by Gasteiger charge is -1.98. The summed E-state index contributed by atoms with van der Waals surface area (Å²) in [4.78, 5) is 1.17. The van der Waals surface area contributed by atoms with Gasteiger partial charge in [-0.15, -0.1) is 11.3 Å².